The van der Waals surface area contributed by atoms with Gasteiger partial charge in [0.1, 0.15) is 0 Å². The van der Waals surface area contributed by atoms with Crippen LogP contribution in [0.4, 0.5) is 0 Å². The Hall–Kier alpha value is -4.33. The predicted molar refractivity (Wildman–Crippen MR) is 134 cm³/mol. The van der Waals surface area contributed by atoms with E-state index in [2.05, 4.69) is 74.9 Å². The Balaban J connectivity index is 1.43. The zero-order valence-electron chi connectivity index (χ0n) is 19.3. The van der Waals surface area contributed by atoms with Crippen LogP contribution in [0.1, 0.15) is 22.9 Å². The normalized spacial score (nSPS) is 18.1. The molecular weight excluding hydrogens is 424 g/mol. The number of aromatic nitrogens is 5. The van der Waals surface area contributed by atoms with E-state index in [4.69, 9.17) is 4.99 Å². The van der Waals surface area contributed by atoms with E-state index in [1.807, 2.05) is 60.7 Å². The maximum Gasteiger partial charge on any atom is 0.0966 e. The molecule has 0 saturated carbocycles. The minimum absolute atomic E-state index is 0.0160. The zero-order valence-corrected chi connectivity index (χ0v) is 19.3. The summed E-state index contributed by atoms with van der Waals surface area (Å²) in [5.41, 5.74) is 7.60. The molecule has 1 aliphatic carbocycles. The number of imidazole rings is 1. The van der Waals surface area contributed by atoms with E-state index in [1.165, 1.54) is 10.9 Å². The first-order valence-electron chi connectivity index (χ1n) is 11.3. The number of allylic oxidation sites excluding steroid dienone is 1. The molecule has 4 aromatic rings. The number of nitrogens with zero attached hydrogens (tertiary/aromatic N) is 6. The lowest BCUT2D eigenvalue weighted by atomic mass is 9.89. The van der Waals surface area contributed by atoms with E-state index < -0.39 is 0 Å². The fourth-order valence-electron chi connectivity index (χ4n) is 4.73. The molecule has 0 saturated heterocycles. The number of aliphatic imine (C=N–C) groups is 1. The molecule has 2 unspecified atom stereocenters. The highest BCUT2D eigenvalue weighted by Crippen LogP contribution is 2.30. The Morgan fingerprint density at radius 3 is 2.79 bits per heavy atom. The second-order valence-electron chi connectivity index (χ2n) is 8.81. The average molecular weight is 451 g/mol. The van der Waals surface area contributed by atoms with Crippen molar-refractivity contribution in [2.75, 3.05) is 0 Å². The van der Waals surface area contributed by atoms with E-state index in [0.717, 1.165) is 33.8 Å². The number of nitrogens with one attached hydrogen (secondary N) is 2. The molecule has 0 amide bonds. The Kier molecular flexibility index (Phi) is 4.72. The number of benzene rings is 1. The van der Waals surface area contributed by atoms with Crippen LogP contribution in [0.3, 0.4) is 0 Å². The number of rotatable bonds is 5. The van der Waals surface area contributed by atoms with Crippen molar-refractivity contribution in [3.63, 3.8) is 0 Å². The van der Waals surface area contributed by atoms with Gasteiger partial charge in [0.25, 0.3) is 0 Å². The summed E-state index contributed by atoms with van der Waals surface area (Å²) in [6.07, 6.45) is 17.8. The highest BCUT2D eigenvalue weighted by molar-refractivity contribution is 6.29. The van der Waals surface area contributed by atoms with Crippen LogP contribution in [0.25, 0.3) is 16.5 Å². The Morgan fingerprint density at radius 1 is 1.09 bits per heavy atom. The van der Waals surface area contributed by atoms with E-state index in [-0.39, 0.29) is 12.1 Å². The molecule has 3 aromatic heterocycles. The molecular formula is C26H26N8. The molecule has 8 nitrogen and oxygen atoms in total. The van der Waals surface area contributed by atoms with Gasteiger partial charge in [0, 0.05) is 68.3 Å². The van der Waals surface area contributed by atoms with Crippen molar-refractivity contribution < 1.29 is 0 Å². The van der Waals surface area contributed by atoms with Crippen molar-refractivity contribution in [2.45, 2.75) is 12.1 Å². The van der Waals surface area contributed by atoms with Crippen LogP contribution >= 0.6 is 0 Å². The third-order valence-electron chi connectivity index (χ3n) is 6.50. The van der Waals surface area contributed by atoms with E-state index in [9.17, 15) is 0 Å². The van der Waals surface area contributed by atoms with Gasteiger partial charge in [-0.1, -0.05) is 12.1 Å². The Labute approximate surface area is 197 Å². The van der Waals surface area contributed by atoms with Gasteiger partial charge >= 0.3 is 0 Å². The molecule has 170 valence electrons. The standard InChI is InChI=1S/C26H26N8/c1-32-9-6-17-4-5-18(10-23(17)32)21-11-20(12-22-26(21)29-8-7-28-22)31-25(19-13-30-34(3)15-19)24-14-27-16-33(24)2/h4-16,22,25,28,31H,1-3H3. The molecule has 0 fully saturated rings. The van der Waals surface area contributed by atoms with Crippen LogP contribution in [0.2, 0.25) is 0 Å². The Morgan fingerprint density at radius 2 is 2.00 bits per heavy atom. The molecule has 2 N–H and O–H groups in total. The van der Waals surface area contributed by atoms with Gasteiger partial charge in [-0.25, -0.2) is 4.98 Å². The van der Waals surface area contributed by atoms with Gasteiger partial charge in [0.15, 0.2) is 0 Å². The largest absolute Gasteiger partial charge is 0.378 e. The second kappa shape index (κ2) is 7.91. The van der Waals surface area contributed by atoms with E-state index in [0.29, 0.717) is 0 Å². The SMILES string of the molecule is Cn1cc(C(NC2=CC3NC=CN=C3C(c3ccc4ccn(C)c4c3)=C2)c2cncn2C)cn1. The third kappa shape index (κ3) is 3.44. The van der Waals surface area contributed by atoms with Crippen LogP contribution < -0.4 is 10.6 Å². The van der Waals surface area contributed by atoms with Gasteiger partial charge in [0.2, 0.25) is 0 Å². The summed E-state index contributed by atoms with van der Waals surface area (Å²) < 4.78 is 6.01. The first-order valence-corrected chi connectivity index (χ1v) is 11.3. The number of hydrogen-bond acceptors (Lipinski definition) is 5. The second-order valence-corrected chi connectivity index (χ2v) is 8.81. The quantitative estimate of drug-likeness (QED) is 0.490. The predicted octanol–water partition coefficient (Wildman–Crippen LogP) is 3.19. The van der Waals surface area contributed by atoms with Gasteiger partial charge in [0.05, 0.1) is 42.2 Å². The topological polar surface area (TPSA) is 77.0 Å². The fourth-order valence-corrected chi connectivity index (χ4v) is 4.73. The highest BCUT2D eigenvalue weighted by Gasteiger charge is 2.27. The van der Waals surface area contributed by atoms with Gasteiger partial charge in [-0.2, -0.15) is 5.10 Å². The molecule has 0 spiro atoms. The van der Waals surface area contributed by atoms with Gasteiger partial charge in [-0.15, -0.1) is 0 Å². The molecule has 1 aliphatic heterocycles. The van der Waals surface area contributed by atoms with Gasteiger partial charge < -0.3 is 19.8 Å². The molecule has 6 rings (SSSR count). The van der Waals surface area contributed by atoms with Crippen molar-refractivity contribution in [1.82, 2.24) is 34.5 Å². The summed E-state index contributed by atoms with van der Waals surface area (Å²) in [5.74, 6) is 0. The molecule has 0 bridgehead atoms. The molecule has 2 atom stereocenters. The third-order valence-corrected chi connectivity index (χ3v) is 6.50. The number of hydrogen-bond donors (Lipinski definition) is 2. The number of fused-ring (bicyclic) bond motifs is 2. The van der Waals surface area contributed by atoms with Crippen molar-refractivity contribution >= 4 is 22.2 Å². The average Bonchev–Trinajstić information content (AvgIpc) is 3.57. The zero-order chi connectivity index (χ0) is 23.2. The fraction of sp³-hybridized carbons (Fsp3) is 0.192. The minimum atomic E-state index is -0.0991. The smallest absolute Gasteiger partial charge is 0.0966 e. The van der Waals surface area contributed by atoms with Crippen LogP contribution in [0, 0.1) is 0 Å². The summed E-state index contributed by atoms with van der Waals surface area (Å²) in [7, 11) is 6.02. The van der Waals surface area contributed by atoms with E-state index in [1.54, 1.807) is 0 Å². The summed E-state index contributed by atoms with van der Waals surface area (Å²) >= 11 is 0. The van der Waals surface area contributed by atoms with Gasteiger partial charge in [-0.3, -0.25) is 9.67 Å². The molecule has 0 radical (unpaired) electrons. The van der Waals surface area contributed by atoms with Crippen LogP contribution in [-0.2, 0) is 21.1 Å². The van der Waals surface area contributed by atoms with Crippen molar-refractivity contribution in [1.29, 1.82) is 0 Å². The lowest BCUT2D eigenvalue weighted by molar-refractivity contribution is 0.642. The molecule has 2 aliphatic rings. The van der Waals surface area contributed by atoms with Crippen molar-refractivity contribution in [3.05, 3.63) is 102 Å². The van der Waals surface area contributed by atoms with Crippen LogP contribution in [0.5, 0.6) is 0 Å². The molecule has 1 aromatic carbocycles. The van der Waals surface area contributed by atoms with Crippen LogP contribution in [-0.4, -0.2) is 35.7 Å². The monoisotopic (exact) mass is 450 g/mol. The molecule has 34 heavy (non-hydrogen) atoms. The first kappa shape index (κ1) is 20.3. The maximum atomic E-state index is 4.74. The number of aryl methyl sites for hydroxylation is 3. The molecule has 8 heteroatoms. The van der Waals surface area contributed by atoms with Crippen molar-refractivity contribution in [3.8, 4) is 0 Å². The Bertz CT molecular complexity index is 1510. The van der Waals surface area contributed by atoms with E-state index >= 15 is 0 Å². The lowest BCUT2D eigenvalue weighted by Crippen LogP contribution is -2.38. The van der Waals surface area contributed by atoms with Crippen molar-refractivity contribution in [2.24, 2.45) is 26.1 Å². The lowest BCUT2D eigenvalue weighted by Gasteiger charge is -2.29. The summed E-state index contributed by atoms with van der Waals surface area (Å²) in [4.78, 5) is 9.08. The summed E-state index contributed by atoms with van der Waals surface area (Å²) in [6.45, 7) is 0. The first-order chi connectivity index (χ1) is 16.6. The maximum absolute atomic E-state index is 4.74. The van der Waals surface area contributed by atoms with Gasteiger partial charge in [-0.05, 0) is 35.2 Å². The summed E-state index contributed by atoms with van der Waals surface area (Å²) in [5, 5.41) is 12.8. The summed E-state index contributed by atoms with van der Waals surface area (Å²) in [6, 6.07) is 8.61. The van der Waals surface area contributed by atoms with Crippen LogP contribution in [0.15, 0.2) is 90.6 Å². The minimum Gasteiger partial charge on any atom is -0.378 e. The molecule has 4 heterocycles. The highest BCUT2D eigenvalue weighted by atomic mass is 15.2.